The van der Waals surface area contributed by atoms with Gasteiger partial charge in [0.15, 0.2) is 11.5 Å². The molecule has 6 nitrogen and oxygen atoms in total. The number of benzene rings is 2. The first-order valence-electron chi connectivity index (χ1n) is 10.0. The molecule has 1 saturated carbocycles. The van der Waals surface area contributed by atoms with Gasteiger partial charge in [-0.3, -0.25) is 4.79 Å². The Bertz CT molecular complexity index is 1060. The molecule has 2 heterocycles. The number of aromatic nitrogens is 2. The molecule has 1 aliphatic carbocycles. The van der Waals surface area contributed by atoms with Crippen LogP contribution in [0, 0.1) is 0 Å². The summed E-state index contributed by atoms with van der Waals surface area (Å²) in [5.41, 5.74) is 2.47. The molecule has 2 aliphatic rings. The minimum atomic E-state index is -0.0796. The fourth-order valence-electron chi connectivity index (χ4n) is 4.22. The molecule has 1 fully saturated rings. The summed E-state index contributed by atoms with van der Waals surface area (Å²) in [7, 11) is 0. The van der Waals surface area contributed by atoms with E-state index in [4.69, 9.17) is 26.1 Å². The Morgan fingerprint density at radius 3 is 2.86 bits per heavy atom. The number of ether oxygens (including phenoxy) is 2. The van der Waals surface area contributed by atoms with E-state index < -0.39 is 0 Å². The summed E-state index contributed by atoms with van der Waals surface area (Å²) in [6, 6.07) is 11.1. The smallest absolute Gasteiger partial charge is 0.251 e. The highest BCUT2D eigenvalue weighted by atomic mass is 35.5. The molecule has 29 heavy (non-hydrogen) atoms. The van der Waals surface area contributed by atoms with Crippen LogP contribution in [0.25, 0.3) is 11.0 Å². The first-order chi connectivity index (χ1) is 14.2. The molecule has 2 atom stereocenters. The summed E-state index contributed by atoms with van der Waals surface area (Å²) >= 11 is 6.08. The first-order valence-corrected chi connectivity index (χ1v) is 10.4. The van der Waals surface area contributed by atoms with Crippen LogP contribution < -0.4 is 14.8 Å². The molecule has 1 amide bonds. The van der Waals surface area contributed by atoms with E-state index in [-0.39, 0.29) is 11.9 Å². The van der Waals surface area contributed by atoms with Crippen LogP contribution in [-0.2, 0) is 0 Å². The van der Waals surface area contributed by atoms with Gasteiger partial charge in [0.2, 0.25) is 0 Å². The van der Waals surface area contributed by atoms with Gasteiger partial charge in [0, 0.05) is 22.5 Å². The largest absolute Gasteiger partial charge is 0.486 e. The molecule has 2 N–H and O–H groups in total. The summed E-state index contributed by atoms with van der Waals surface area (Å²) in [5.74, 6) is 2.51. The second-order valence-electron chi connectivity index (χ2n) is 7.68. The maximum Gasteiger partial charge on any atom is 0.251 e. The molecule has 1 aromatic heterocycles. The topological polar surface area (TPSA) is 76.2 Å². The zero-order valence-corrected chi connectivity index (χ0v) is 16.7. The molecule has 5 rings (SSSR count). The van der Waals surface area contributed by atoms with Crippen molar-refractivity contribution >= 4 is 28.5 Å². The molecule has 0 bridgehead atoms. The normalized spacial score (nSPS) is 21.1. The Morgan fingerprint density at radius 2 is 1.97 bits per heavy atom. The quantitative estimate of drug-likeness (QED) is 0.667. The lowest BCUT2D eigenvalue weighted by Crippen LogP contribution is -2.38. The number of hydrogen-bond donors (Lipinski definition) is 2. The van der Waals surface area contributed by atoms with Crippen LogP contribution in [0.2, 0.25) is 5.02 Å². The summed E-state index contributed by atoms with van der Waals surface area (Å²) in [6.45, 7) is 1.04. The Kier molecular flexibility index (Phi) is 4.79. The third kappa shape index (κ3) is 3.77. The Morgan fingerprint density at radius 1 is 1.10 bits per heavy atom. The number of hydrogen-bond acceptors (Lipinski definition) is 4. The van der Waals surface area contributed by atoms with E-state index in [1.807, 2.05) is 18.2 Å². The molecule has 0 unspecified atom stereocenters. The van der Waals surface area contributed by atoms with Crippen molar-refractivity contribution < 1.29 is 14.3 Å². The number of rotatable bonds is 3. The van der Waals surface area contributed by atoms with Gasteiger partial charge in [-0.2, -0.15) is 0 Å². The van der Waals surface area contributed by atoms with Crippen molar-refractivity contribution in [3.8, 4) is 11.5 Å². The molecule has 150 valence electrons. The second-order valence-corrected chi connectivity index (χ2v) is 8.11. The van der Waals surface area contributed by atoms with Gasteiger partial charge in [0.1, 0.15) is 19.0 Å². The van der Waals surface area contributed by atoms with Crippen LogP contribution in [0.15, 0.2) is 36.4 Å². The predicted molar refractivity (Wildman–Crippen MR) is 111 cm³/mol. The van der Waals surface area contributed by atoms with E-state index >= 15 is 0 Å². The van der Waals surface area contributed by atoms with E-state index in [1.54, 1.807) is 18.2 Å². The molecule has 3 aromatic rings. The zero-order chi connectivity index (χ0) is 19.8. The lowest BCUT2D eigenvalue weighted by Gasteiger charge is -2.29. The van der Waals surface area contributed by atoms with Gasteiger partial charge in [-0.25, -0.2) is 4.98 Å². The van der Waals surface area contributed by atoms with Crippen molar-refractivity contribution in [2.45, 2.75) is 37.6 Å². The number of amides is 1. The highest BCUT2D eigenvalue weighted by molar-refractivity contribution is 6.31. The minimum Gasteiger partial charge on any atom is -0.486 e. The number of H-pyrrole nitrogens is 1. The first kappa shape index (κ1) is 18.3. The van der Waals surface area contributed by atoms with Gasteiger partial charge >= 0.3 is 0 Å². The van der Waals surface area contributed by atoms with Crippen LogP contribution in [0.1, 0.15) is 47.8 Å². The molecular weight excluding hydrogens is 390 g/mol. The highest BCUT2D eigenvalue weighted by Crippen LogP contribution is 2.34. The fraction of sp³-hybridized carbons (Fsp3) is 0.364. The summed E-state index contributed by atoms with van der Waals surface area (Å²) in [6.07, 6.45) is 3.95. The molecule has 0 radical (unpaired) electrons. The zero-order valence-electron chi connectivity index (χ0n) is 15.9. The average molecular weight is 412 g/mol. The van der Waals surface area contributed by atoms with Crippen molar-refractivity contribution in [2.24, 2.45) is 0 Å². The number of aromatic amines is 1. The van der Waals surface area contributed by atoms with Gasteiger partial charge in [0.25, 0.3) is 5.91 Å². The van der Waals surface area contributed by atoms with E-state index in [0.29, 0.717) is 41.2 Å². The highest BCUT2D eigenvalue weighted by Gasteiger charge is 2.27. The maximum atomic E-state index is 12.8. The van der Waals surface area contributed by atoms with Crippen LogP contribution in [0.3, 0.4) is 0 Å². The van der Waals surface area contributed by atoms with Crippen molar-refractivity contribution in [1.82, 2.24) is 15.3 Å². The molecule has 2 aromatic carbocycles. The SMILES string of the molecule is O=C(N[C@H]1CCC[C@@H](c2nc3ccc(Cl)cc3[nH]2)C1)c1ccc2c(c1)OCCO2. The van der Waals surface area contributed by atoms with Gasteiger partial charge < -0.3 is 19.8 Å². The van der Waals surface area contributed by atoms with Crippen molar-refractivity contribution in [3.63, 3.8) is 0 Å². The number of imidazole rings is 1. The van der Waals surface area contributed by atoms with E-state index in [2.05, 4.69) is 10.3 Å². The monoisotopic (exact) mass is 411 g/mol. The lowest BCUT2D eigenvalue weighted by atomic mass is 9.85. The lowest BCUT2D eigenvalue weighted by molar-refractivity contribution is 0.0923. The fourth-order valence-corrected chi connectivity index (χ4v) is 4.39. The van der Waals surface area contributed by atoms with Crippen LogP contribution >= 0.6 is 11.6 Å². The van der Waals surface area contributed by atoms with Gasteiger partial charge in [0.05, 0.1) is 11.0 Å². The van der Waals surface area contributed by atoms with Crippen LogP contribution in [0.5, 0.6) is 11.5 Å². The van der Waals surface area contributed by atoms with Gasteiger partial charge in [-0.05, 0) is 55.7 Å². The number of nitrogens with one attached hydrogen (secondary N) is 2. The van der Waals surface area contributed by atoms with E-state index in [1.165, 1.54) is 0 Å². The van der Waals surface area contributed by atoms with Crippen molar-refractivity contribution in [1.29, 1.82) is 0 Å². The number of fused-ring (bicyclic) bond motifs is 2. The van der Waals surface area contributed by atoms with E-state index in [0.717, 1.165) is 42.5 Å². The summed E-state index contributed by atoms with van der Waals surface area (Å²) in [5, 5.41) is 3.88. The number of halogens is 1. The summed E-state index contributed by atoms with van der Waals surface area (Å²) in [4.78, 5) is 20.9. The Hall–Kier alpha value is -2.73. The number of carbonyl (C=O) groups is 1. The molecular formula is C22H22ClN3O3. The number of nitrogens with zero attached hydrogens (tertiary/aromatic N) is 1. The average Bonchev–Trinajstić information content (AvgIpc) is 3.17. The van der Waals surface area contributed by atoms with Crippen molar-refractivity contribution in [3.05, 3.63) is 52.8 Å². The van der Waals surface area contributed by atoms with Crippen molar-refractivity contribution in [2.75, 3.05) is 13.2 Å². The molecule has 0 saturated heterocycles. The molecule has 7 heteroatoms. The summed E-state index contributed by atoms with van der Waals surface area (Å²) < 4.78 is 11.1. The predicted octanol–water partition coefficient (Wildman–Crippen LogP) is 4.44. The maximum absolute atomic E-state index is 12.8. The molecule has 0 spiro atoms. The second kappa shape index (κ2) is 7.59. The van der Waals surface area contributed by atoms with Gasteiger partial charge in [-0.1, -0.05) is 18.0 Å². The number of carbonyl (C=O) groups excluding carboxylic acids is 1. The third-order valence-electron chi connectivity index (χ3n) is 5.66. The van der Waals surface area contributed by atoms with Gasteiger partial charge in [-0.15, -0.1) is 0 Å². The third-order valence-corrected chi connectivity index (χ3v) is 5.90. The molecule has 1 aliphatic heterocycles. The Labute approximate surface area is 173 Å². The van der Waals surface area contributed by atoms with E-state index in [9.17, 15) is 4.79 Å². The van der Waals surface area contributed by atoms with Crippen LogP contribution in [0.4, 0.5) is 0 Å². The Balaban J connectivity index is 1.28. The standard InChI is InChI=1S/C22H22ClN3O3/c23-15-5-6-17-18(12-15)26-21(25-17)13-2-1-3-16(10-13)24-22(27)14-4-7-19-20(11-14)29-9-8-28-19/h4-7,11-13,16H,1-3,8-10H2,(H,24,27)(H,25,26)/t13-,16+/m1/s1. The minimum absolute atomic E-state index is 0.0796. The van der Waals surface area contributed by atoms with Crippen LogP contribution in [-0.4, -0.2) is 35.1 Å².